The Kier molecular flexibility index (Phi) is 7.14. The van der Waals surface area contributed by atoms with Crippen LogP contribution in [0.15, 0.2) is 60.8 Å². The van der Waals surface area contributed by atoms with Crippen LogP contribution in [0.25, 0.3) is 5.69 Å². The Labute approximate surface area is 171 Å². The highest BCUT2D eigenvalue weighted by molar-refractivity contribution is 5.95. The molecule has 1 heterocycles. The van der Waals surface area contributed by atoms with Gasteiger partial charge in [0.2, 0.25) is 0 Å². The average Bonchev–Trinajstić information content (AvgIpc) is 3.16. The molecule has 2 aromatic carbocycles. The molecule has 0 fully saturated rings. The maximum atomic E-state index is 13.2. The number of nitrogens with zero attached hydrogens (tertiary/aromatic N) is 3. The topological polar surface area (TPSA) is 50.2 Å². The van der Waals surface area contributed by atoms with Crippen molar-refractivity contribution in [1.82, 2.24) is 20.0 Å². The summed E-state index contributed by atoms with van der Waals surface area (Å²) in [7, 11) is 2.08. The standard InChI is InChI=1S/C23H27FN4O/c1-3-22-21(16-26-28(22)20-12-10-19(24)11-13-20)23(29)25-14-7-15-27(2)17-18-8-5-4-6-9-18/h4-6,8-13,16H,3,7,14-15,17H2,1-2H3,(H,25,29). The Morgan fingerprint density at radius 3 is 2.55 bits per heavy atom. The fourth-order valence-corrected chi connectivity index (χ4v) is 3.33. The molecular weight excluding hydrogens is 367 g/mol. The van der Waals surface area contributed by atoms with Crippen molar-refractivity contribution in [2.75, 3.05) is 20.1 Å². The first kappa shape index (κ1) is 20.7. The molecule has 0 atom stereocenters. The normalized spacial score (nSPS) is 11.0. The van der Waals surface area contributed by atoms with E-state index in [-0.39, 0.29) is 11.7 Å². The fraction of sp³-hybridized carbons (Fsp3) is 0.304. The number of carbonyl (C=O) groups excluding carboxylic acids is 1. The predicted octanol–water partition coefficient (Wildman–Crippen LogP) is 3.83. The van der Waals surface area contributed by atoms with E-state index in [9.17, 15) is 9.18 Å². The van der Waals surface area contributed by atoms with Gasteiger partial charge in [0.1, 0.15) is 5.82 Å². The predicted molar refractivity (Wildman–Crippen MR) is 113 cm³/mol. The van der Waals surface area contributed by atoms with Gasteiger partial charge >= 0.3 is 0 Å². The minimum atomic E-state index is -0.297. The van der Waals surface area contributed by atoms with E-state index in [2.05, 4.69) is 34.5 Å². The van der Waals surface area contributed by atoms with E-state index in [4.69, 9.17) is 0 Å². The molecule has 3 aromatic rings. The van der Waals surface area contributed by atoms with Gasteiger partial charge in [-0.3, -0.25) is 4.79 Å². The molecule has 29 heavy (non-hydrogen) atoms. The second-order valence-corrected chi connectivity index (χ2v) is 7.08. The van der Waals surface area contributed by atoms with Gasteiger partial charge in [-0.1, -0.05) is 37.3 Å². The number of halogens is 1. The van der Waals surface area contributed by atoms with Crippen LogP contribution in [0.5, 0.6) is 0 Å². The third-order valence-corrected chi connectivity index (χ3v) is 4.82. The Balaban J connectivity index is 1.52. The lowest BCUT2D eigenvalue weighted by Crippen LogP contribution is -2.28. The van der Waals surface area contributed by atoms with E-state index in [0.717, 1.165) is 30.9 Å². The zero-order valence-corrected chi connectivity index (χ0v) is 16.9. The number of nitrogens with one attached hydrogen (secondary N) is 1. The molecule has 0 radical (unpaired) electrons. The summed E-state index contributed by atoms with van der Waals surface area (Å²) >= 11 is 0. The van der Waals surface area contributed by atoms with Crippen LogP contribution in [-0.4, -0.2) is 40.7 Å². The van der Waals surface area contributed by atoms with Gasteiger partial charge < -0.3 is 10.2 Å². The van der Waals surface area contributed by atoms with E-state index in [1.54, 1.807) is 23.0 Å². The molecule has 0 unspecified atom stereocenters. The molecule has 0 saturated heterocycles. The lowest BCUT2D eigenvalue weighted by Gasteiger charge is -2.16. The maximum Gasteiger partial charge on any atom is 0.254 e. The van der Waals surface area contributed by atoms with Crippen LogP contribution in [0.3, 0.4) is 0 Å². The van der Waals surface area contributed by atoms with Crippen LogP contribution in [-0.2, 0) is 13.0 Å². The second kappa shape index (κ2) is 9.98. The van der Waals surface area contributed by atoms with Crippen molar-refractivity contribution >= 4 is 5.91 Å². The minimum Gasteiger partial charge on any atom is -0.352 e. The Hall–Kier alpha value is -2.99. The molecule has 0 aliphatic carbocycles. The highest BCUT2D eigenvalue weighted by Gasteiger charge is 2.17. The molecule has 6 heteroatoms. The summed E-state index contributed by atoms with van der Waals surface area (Å²) in [5.74, 6) is -0.421. The average molecular weight is 394 g/mol. The summed E-state index contributed by atoms with van der Waals surface area (Å²) in [6, 6.07) is 16.4. The fourth-order valence-electron chi connectivity index (χ4n) is 3.33. The highest BCUT2D eigenvalue weighted by atomic mass is 19.1. The molecule has 1 N–H and O–H groups in total. The SMILES string of the molecule is CCc1c(C(=O)NCCCN(C)Cc2ccccc2)cnn1-c1ccc(F)cc1. The number of hydrogen-bond acceptors (Lipinski definition) is 3. The number of amides is 1. The number of carbonyl (C=O) groups is 1. The lowest BCUT2D eigenvalue weighted by atomic mass is 10.2. The second-order valence-electron chi connectivity index (χ2n) is 7.08. The lowest BCUT2D eigenvalue weighted by molar-refractivity contribution is 0.0951. The quantitative estimate of drug-likeness (QED) is 0.561. The van der Waals surface area contributed by atoms with E-state index in [1.807, 2.05) is 25.1 Å². The van der Waals surface area contributed by atoms with Crippen molar-refractivity contribution in [2.24, 2.45) is 0 Å². The zero-order chi connectivity index (χ0) is 20.6. The van der Waals surface area contributed by atoms with Gasteiger partial charge in [0.25, 0.3) is 5.91 Å². The number of benzene rings is 2. The van der Waals surface area contributed by atoms with Crippen molar-refractivity contribution in [3.8, 4) is 5.69 Å². The van der Waals surface area contributed by atoms with Gasteiger partial charge in [0.15, 0.2) is 0 Å². The first-order valence-corrected chi connectivity index (χ1v) is 9.92. The number of aromatic nitrogens is 2. The van der Waals surface area contributed by atoms with Gasteiger partial charge in [0, 0.05) is 13.1 Å². The van der Waals surface area contributed by atoms with E-state index in [0.29, 0.717) is 18.5 Å². The summed E-state index contributed by atoms with van der Waals surface area (Å²) in [5, 5.41) is 7.32. The molecule has 0 spiro atoms. The Morgan fingerprint density at radius 2 is 1.86 bits per heavy atom. The monoisotopic (exact) mass is 394 g/mol. The van der Waals surface area contributed by atoms with Crippen LogP contribution in [0.2, 0.25) is 0 Å². The summed E-state index contributed by atoms with van der Waals surface area (Å²) in [6.07, 6.45) is 3.10. The summed E-state index contributed by atoms with van der Waals surface area (Å²) in [6.45, 7) is 4.36. The molecular formula is C23H27FN4O. The highest BCUT2D eigenvalue weighted by Crippen LogP contribution is 2.16. The van der Waals surface area contributed by atoms with Crippen LogP contribution in [0, 0.1) is 5.82 Å². The number of hydrogen-bond donors (Lipinski definition) is 1. The molecule has 152 valence electrons. The third-order valence-electron chi connectivity index (χ3n) is 4.82. The van der Waals surface area contributed by atoms with E-state index >= 15 is 0 Å². The van der Waals surface area contributed by atoms with Crippen molar-refractivity contribution in [3.63, 3.8) is 0 Å². The van der Waals surface area contributed by atoms with Gasteiger partial charge in [0.05, 0.1) is 23.1 Å². The summed E-state index contributed by atoms with van der Waals surface area (Å²) < 4.78 is 14.9. The van der Waals surface area contributed by atoms with E-state index < -0.39 is 0 Å². The first-order valence-electron chi connectivity index (χ1n) is 9.92. The van der Waals surface area contributed by atoms with Gasteiger partial charge in [-0.05, 0) is 56.3 Å². The molecule has 5 nitrogen and oxygen atoms in total. The molecule has 0 saturated carbocycles. The van der Waals surface area contributed by atoms with Crippen LogP contribution in [0.4, 0.5) is 4.39 Å². The van der Waals surface area contributed by atoms with Crippen molar-refractivity contribution in [3.05, 3.63) is 83.4 Å². The van der Waals surface area contributed by atoms with Crippen molar-refractivity contribution in [2.45, 2.75) is 26.3 Å². The van der Waals surface area contributed by atoms with E-state index in [1.165, 1.54) is 17.7 Å². The third kappa shape index (κ3) is 5.51. The molecule has 0 bridgehead atoms. The van der Waals surface area contributed by atoms with Crippen molar-refractivity contribution in [1.29, 1.82) is 0 Å². The van der Waals surface area contributed by atoms with Gasteiger partial charge in [-0.2, -0.15) is 5.10 Å². The molecule has 3 rings (SSSR count). The Bertz CT molecular complexity index is 922. The van der Waals surface area contributed by atoms with Crippen LogP contribution < -0.4 is 5.32 Å². The first-order chi connectivity index (χ1) is 14.1. The smallest absolute Gasteiger partial charge is 0.254 e. The molecule has 0 aliphatic heterocycles. The summed E-state index contributed by atoms with van der Waals surface area (Å²) in [4.78, 5) is 14.9. The molecule has 1 amide bonds. The molecule has 1 aromatic heterocycles. The summed E-state index contributed by atoms with van der Waals surface area (Å²) in [5.41, 5.74) is 3.40. The number of rotatable bonds is 9. The Morgan fingerprint density at radius 1 is 1.14 bits per heavy atom. The minimum absolute atomic E-state index is 0.124. The maximum absolute atomic E-state index is 13.2. The van der Waals surface area contributed by atoms with Gasteiger partial charge in [-0.25, -0.2) is 9.07 Å². The van der Waals surface area contributed by atoms with Crippen LogP contribution in [0.1, 0.15) is 35.0 Å². The van der Waals surface area contributed by atoms with Crippen molar-refractivity contribution < 1.29 is 9.18 Å². The largest absolute Gasteiger partial charge is 0.352 e. The molecule has 0 aliphatic rings. The van der Waals surface area contributed by atoms with Gasteiger partial charge in [-0.15, -0.1) is 0 Å². The van der Waals surface area contributed by atoms with Crippen LogP contribution >= 0.6 is 0 Å². The zero-order valence-electron chi connectivity index (χ0n) is 16.9.